The number of nitrogens with one attached hydrogen (secondary N) is 1. The van der Waals surface area contributed by atoms with Crippen LogP contribution in [0.25, 0.3) is 16.5 Å². The average Bonchev–Trinajstić information content (AvgIpc) is 2.52. The van der Waals surface area contributed by atoms with E-state index in [2.05, 4.69) is 10.3 Å². The number of allylic oxidation sites excluding steroid dienone is 1. The summed E-state index contributed by atoms with van der Waals surface area (Å²) < 4.78 is 0. The zero-order valence-electron chi connectivity index (χ0n) is 10.4. The van der Waals surface area contributed by atoms with Crippen molar-refractivity contribution >= 4 is 40.0 Å². The summed E-state index contributed by atoms with van der Waals surface area (Å²) in [6.07, 6.45) is 1.60. The van der Waals surface area contributed by atoms with Gasteiger partial charge in [-0.1, -0.05) is 18.2 Å². The van der Waals surface area contributed by atoms with Crippen LogP contribution in [0.1, 0.15) is 5.56 Å². The maximum atomic E-state index is 11.1. The fourth-order valence-corrected chi connectivity index (χ4v) is 2.21. The predicted octanol–water partition coefficient (Wildman–Crippen LogP) is 1.35. The number of carbonyl (C=O) groups excluding carboxylic acids is 3. The van der Waals surface area contributed by atoms with E-state index in [1.54, 1.807) is 42.2 Å². The maximum Gasteiger partial charge on any atom is 0.152 e. The molecule has 1 aliphatic heterocycles. The molecule has 1 N–H and O–H groups in total. The zero-order chi connectivity index (χ0) is 14.1. The van der Waals surface area contributed by atoms with Crippen LogP contribution in [0, 0.1) is 0 Å². The summed E-state index contributed by atoms with van der Waals surface area (Å²) in [5.74, 6) is 4.87. The van der Waals surface area contributed by atoms with E-state index in [0.717, 1.165) is 5.39 Å². The van der Waals surface area contributed by atoms with Crippen molar-refractivity contribution in [2.75, 3.05) is 5.32 Å². The van der Waals surface area contributed by atoms with Gasteiger partial charge in [-0.3, -0.25) is 4.98 Å². The molecular formula is C15H6N2O3Re. The molecule has 1 aromatic carbocycles. The van der Waals surface area contributed by atoms with E-state index in [1.165, 1.54) is 0 Å². The van der Waals surface area contributed by atoms with Gasteiger partial charge in [-0.15, -0.1) is 0 Å². The van der Waals surface area contributed by atoms with Gasteiger partial charge in [0.05, 0.1) is 16.8 Å². The topological polar surface area (TPSA) is 76.1 Å². The van der Waals surface area contributed by atoms with Crippen molar-refractivity contribution in [2.45, 2.75) is 0 Å². The SMILES string of the molecule is O=C=C1Nc2c(ccc3cccnc23)C(=C=O)C1=C=O.[Re]. The van der Waals surface area contributed by atoms with Crippen LogP contribution in [-0.2, 0) is 34.8 Å². The Labute approximate surface area is 132 Å². The van der Waals surface area contributed by atoms with E-state index >= 15 is 0 Å². The first-order valence-electron chi connectivity index (χ1n) is 5.71. The van der Waals surface area contributed by atoms with E-state index < -0.39 is 0 Å². The minimum atomic E-state index is -0.169. The van der Waals surface area contributed by atoms with Gasteiger partial charge >= 0.3 is 0 Å². The number of hydrogen-bond acceptors (Lipinski definition) is 5. The molecule has 6 heteroatoms. The van der Waals surface area contributed by atoms with Crippen molar-refractivity contribution in [3.63, 3.8) is 0 Å². The van der Waals surface area contributed by atoms with Crippen molar-refractivity contribution < 1.29 is 34.8 Å². The smallest absolute Gasteiger partial charge is 0.152 e. The molecular weight excluding hydrogens is 442 g/mol. The normalized spacial score (nSPS) is 12.5. The fraction of sp³-hybridized carbons (Fsp3) is 0. The molecule has 21 heavy (non-hydrogen) atoms. The third-order valence-electron chi connectivity index (χ3n) is 3.10. The molecule has 3 rings (SSSR count). The monoisotopic (exact) mass is 449 g/mol. The number of nitrogens with zero attached hydrogens (tertiary/aromatic N) is 1. The van der Waals surface area contributed by atoms with Crippen LogP contribution in [0.4, 0.5) is 5.69 Å². The summed E-state index contributed by atoms with van der Waals surface area (Å²) in [5, 5.41) is 3.63. The van der Waals surface area contributed by atoms with E-state index in [1.807, 2.05) is 6.07 Å². The van der Waals surface area contributed by atoms with Crippen LogP contribution in [0.2, 0.25) is 0 Å². The Morgan fingerprint density at radius 2 is 1.71 bits per heavy atom. The molecule has 2 heterocycles. The second kappa shape index (κ2) is 5.83. The van der Waals surface area contributed by atoms with Crippen LogP contribution in [0.15, 0.2) is 41.7 Å². The molecule has 2 aromatic rings. The summed E-state index contributed by atoms with van der Waals surface area (Å²) in [7, 11) is 0. The average molecular weight is 448 g/mol. The summed E-state index contributed by atoms with van der Waals surface area (Å²) in [6, 6.07) is 7.08. The molecule has 0 bridgehead atoms. The molecule has 0 saturated carbocycles. The molecule has 1 aromatic heterocycles. The van der Waals surface area contributed by atoms with Gasteiger partial charge in [-0.2, -0.15) is 0 Å². The van der Waals surface area contributed by atoms with Crippen LogP contribution < -0.4 is 5.32 Å². The quantitative estimate of drug-likeness (QED) is 0.616. The third kappa shape index (κ3) is 2.20. The Morgan fingerprint density at radius 1 is 0.952 bits per heavy atom. The Bertz CT molecular complexity index is 900. The second-order valence-corrected chi connectivity index (χ2v) is 4.12. The Hall–Kier alpha value is -2.56. The van der Waals surface area contributed by atoms with Crippen molar-refractivity contribution in [3.8, 4) is 0 Å². The Kier molecular flexibility index (Phi) is 4.12. The molecule has 0 unspecified atom stereocenters. The van der Waals surface area contributed by atoms with Gasteiger partial charge in [0, 0.05) is 37.6 Å². The van der Waals surface area contributed by atoms with E-state index in [9.17, 15) is 14.4 Å². The van der Waals surface area contributed by atoms with E-state index in [4.69, 9.17) is 0 Å². The van der Waals surface area contributed by atoms with Gasteiger partial charge < -0.3 is 5.32 Å². The predicted molar refractivity (Wildman–Crippen MR) is 72.9 cm³/mol. The number of benzene rings is 1. The molecule has 0 spiro atoms. The van der Waals surface area contributed by atoms with Gasteiger partial charge in [0.15, 0.2) is 5.94 Å². The minimum Gasteiger partial charge on any atom is -0.343 e. The number of hydrogen-bond donors (Lipinski definition) is 1. The maximum absolute atomic E-state index is 11.1. The largest absolute Gasteiger partial charge is 0.343 e. The van der Waals surface area contributed by atoms with Crippen LogP contribution >= 0.6 is 0 Å². The molecule has 0 atom stereocenters. The first kappa shape index (κ1) is 14.8. The molecule has 0 fully saturated rings. The number of rotatable bonds is 0. The second-order valence-electron chi connectivity index (χ2n) is 4.12. The van der Waals surface area contributed by atoms with Gasteiger partial charge in [0.1, 0.15) is 23.2 Å². The Morgan fingerprint density at radius 3 is 2.38 bits per heavy atom. The van der Waals surface area contributed by atoms with Gasteiger partial charge in [0.25, 0.3) is 0 Å². The van der Waals surface area contributed by atoms with Crippen molar-refractivity contribution in [1.29, 1.82) is 0 Å². The number of pyridine rings is 1. The molecule has 0 amide bonds. The molecule has 5 nitrogen and oxygen atoms in total. The van der Waals surface area contributed by atoms with Gasteiger partial charge in [-0.25, -0.2) is 14.4 Å². The standard InChI is InChI=1S/C15H6N2O3.Re/c18-6-11-10-4-3-9-2-1-5-16-14(9)15(10)17-13(8-20)12(11)7-19;/h1-5,17H;. The molecule has 1 radical (unpaired) electrons. The molecule has 0 saturated heterocycles. The van der Waals surface area contributed by atoms with Crippen molar-refractivity contribution in [3.05, 3.63) is 47.3 Å². The molecule has 0 aliphatic carbocycles. The first-order valence-corrected chi connectivity index (χ1v) is 5.71. The number of fused-ring (bicyclic) bond motifs is 3. The van der Waals surface area contributed by atoms with Crippen LogP contribution in [-0.4, -0.2) is 22.8 Å². The first-order chi connectivity index (χ1) is 9.80. The van der Waals surface area contributed by atoms with Crippen LogP contribution in [0.5, 0.6) is 0 Å². The fourth-order valence-electron chi connectivity index (χ4n) is 2.21. The van der Waals surface area contributed by atoms with Crippen molar-refractivity contribution in [2.24, 2.45) is 0 Å². The zero-order valence-corrected chi connectivity index (χ0v) is 13.2. The van der Waals surface area contributed by atoms with Crippen molar-refractivity contribution in [1.82, 2.24) is 4.98 Å². The summed E-state index contributed by atoms with van der Waals surface area (Å²) >= 11 is 0. The summed E-state index contributed by atoms with van der Waals surface area (Å²) in [4.78, 5) is 37.3. The minimum absolute atomic E-state index is 0. The van der Waals surface area contributed by atoms with Crippen LogP contribution in [0.3, 0.4) is 0 Å². The number of aromatic nitrogens is 1. The van der Waals surface area contributed by atoms with Gasteiger partial charge in [0.2, 0.25) is 0 Å². The number of anilines is 1. The molecule has 1 aliphatic rings. The van der Waals surface area contributed by atoms with E-state index in [0.29, 0.717) is 16.8 Å². The molecule has 101 valence electrons. The third-order valence-corrected chi connectivity index (χ3v) is 3.10. The summed E-state index contributed by atoms with van der Waals surface area (Å²) in [6.45, 7) is 0. The Balaban J connectivity index is 0.00000161. The van der Waals surface area contributed by atoms with Gasteiger partial charge in [-0.05, 0) is 6.07 Å². The summed E-state index contributed by atoms with van der Waals surface area (Å²) in [5.41, 5.74) is 1.22. The van der Waals surface area contributed by atoms with E-state index in [-0.39, 0.29) is 37.3 Å².